The molecule has 0 radical (unpaired) electrons. The van der Waals surface area contributed by atoms with Crippen LogP contribution in [0.5, 0.6) is 0 Å². The van der Waals surface area contributed by atoms with E-state index in [4.69, 9.17) is 5.73 Å². The maximum Gasteiger partial charge on any atom is 0.224 e. The van der Waals surface area contributed by atoms with Crippen molar-refractivity contribution in [2.45, 2.75) is 27.3 Å². The van der Waals surface area contributed by atoms with Gasteiger partial charge in [0, 0.05) is 17.6 Å². The largest absolute Gasteiger partial charge is 0.349 e. The lowest BCUT2D eigenvalue weighted by molar-refractivity contribution is -0.126. The van der Waals surface area contributed by atoms with E-state index in [1.165, 1.54) is 0 Å². The normalized spacial score (nSPS) is 12.8. The molecule has 4 nitrogen and oxygen atoms in total. The summed E-state index contributed by atoms with van der Waals surface area (Å²) in [6.07, 6.45) is 0. The number of carbonyl (C=O) groups excluding carboxylic acids is 1. The van der Waals surface area contributed by atoms with Gasteiger partial charge in [-0.3, -0.25) is 4.79 Å². The molecular formula is C11H19N3OS. The van der Waals surface area contributed by atoms with Gasteiger partial charge in [-0.1, -0.05) is 13.8 Å². The van der Waals surface area contributed by atoms with E-state index in [1.54, 1.807) is 11.3 Å². The number of hydrogen-bond acceptors (Lipinski definition) is 4. The van der Waals surface area contributed by atoms with Crippen LogP contribution in [0.2, 0.25) is 0 Å². The minimum Gasteiger partial charge on any atom is -0.349 e. The number of aromatic nitrogens is 1. The molecule has 0 bridgehead atoms. The molecular weight excluding hydrogens is 222 g/mol. The Bertz CT molecular complexity index is 349. The highest BCUT2D eigenvalue weighted by Gasteiger charge is 2.20. The van der Waals surface area contributed by atoms with Gasteiger partial charge >= 0.3 is 0 Å². The maximum atomic E-state index is 11.8. The first-order valence-electron chi connectivity index (χ1n) is 5.43. The van der Waals surface area contributed by atoms with Crippen LogP contribution in [0.15, 0.2) is 5.38 Å². The van der Waals surface area contributed by atoms with E-state index in [0.29, 0.717) is 13.1 Å². The van der Waals surface area contributed by atoms with Crippen LogP contribution in [-0.4, -0.2) is 17.4 Å². The van der Waals surface area contributed by atoms with E-state index < -0.39 is 0 Å². The van der Waals surface area contributed by atoms with E-state index in [2.05, 4.69) is 10.3 Å². The van der Waals surface area contributed by atoms with Crippen molar-refractivity contribution in [3.05, 3.63) is 16.1 Å². The van der Waals surface area contributed by atoms with Gasteiger partial charge in [-0.05, 0) is 12.8 Å². The average molecular weight is 241 g/mol. The molecule has 0 spiro atoms. The van der Waals surface area contributed by atoms with Gasteiger partial charge < -0.3 is 11.1 Å². The van der Waals surface area contributed by atoms with Gasteiger partial charge in [0.15, 0.2) is 0 Å². The van der Waals surface area contributed by atoms with Crippen molar-refractivity contribution in [1.82, 2.24) is 10.3 Å². The Morgan fingerprint density at radius 2 is 2.31 bits per heavy atom. The number of carbonyl (C=O) groups is 1. The summed E-state index contributed by atoms with van der Waals surface area (Å²) in [4.78, 5) is 16.1. The maximum absolute atomic E-state index is 11.8. The minimum absolute atomic E-state index is 0.0188. The Labute approximate surface area is 100 Å². The fraction of sp³-hybridized carbons (Fsp3) is 0.636. The van der Waals surface area contributed by atoms with Crippen molar-refractivity contribution in [2.24, 2.45) is 17.6 Å². The van der Waals surface area contributed by atoms with Gasteiger partial charge in [0.25, 0.3) is 0 Å². The summed E-state index contributed by atoms with van der Waals surface area (Å²) in [7, 11) is 0. The summed E-state index contributed by atoms with van der Waals surface area (Å²) in [5, 5.41) is 5.79. The zero-order valence-electron chi connectivity index (χ0n) is 9.99. The van der Waals surface area contributed by atoms with Crippen LogP contribution in [-0.2, 0) is 11.3 Å². The first-order valence-corrected chi connectivity index (χ1v) is 6.31. The van der Waals surface area contributed by atoms with Gasteiger partial charge in [-0.2, -0.15) is 0 Å². The van der Waals surface area contributed by atoms with Crippen molar-refractivity contribution in [1.29, 1.82) is 0 Å². The number of nitrogens with one attached hydrogen (secondary N) is 1. The third-order valence-electron chi connectivity index (χ3n) is 2.48. The number of hydrogen-bond donors (Lipinski definition) is 2. The second kappa shape index (κ2) is 5.96. The number of amides is 1. The summed E-state index contributed by atoms with van der Waals surface area (Å²) in [5.74, 6) is 0.175. The van der Waals surface area contributed by atoms with E-state index in [9.17, 15) is 4.79 Å². The monoisotopic (exact) mass is 241 g/mol. The molecule has 1 heterocycles. The van der Waals surface area contributed by atoms with Gasteiger partial charge in [-0.15, -0.1) is 11.3 Å². The smallest absolute Gasteiger partial charge is 0.224 e. The molecule has 5 heteroatoms. The fourth-order valence-corrected chi connectivity index (χ4v) is 2.17. The van der Waals surface area contributed by atoms with Crippen LogP contribution in [0.25, 0.3) is 0 Å². The molecule has 0 saturated carbocycles. The van der Waals surface area contributed by atoms with Crippen molar-refractivity contribution < 1.29 is 4.79 Å². The third-order valence-corrected chi connectivity index (χ3v) is 3.44. The molecule has 0 aliphatic carbocycles. The predicted molar refractivity (Wildman–Crippen MR) is 66.1 cm³/mol. The van der Waals surface area contributed by atoms with Gasteiger partial charge in [-0.25, -0.2) is 4.98 Å². The average Bonchev–Trinajstić information content (AvgIpc) is 2.62. The van der Waals surface area contributed by atoms with E-state index >= 15 is 0 Å². The molecule has 0 fully saturated rings. The topological polar surface area (TPSA) is 68.0 Å². The van der Waals surface area contributed by atoms with E-state index in [0.717, 1.165) is 10.7 Å². The van der Waals surface area contributed by atoms with Crippen LogP contribution in [0, 0.1) is 18.8 Å². The zero-order valence-corrected chi connectivity index (χ0v) is 10.8. The van der Waals surface area contributed by atoms with Gasteiger partial charge in [0.05, 0.1) is 12.5 Å². The molecule has 1 atom stereocenters. The number of nitrogens with two attached hydrogens (primary N) is 1. The first kappa shape index (κ1) is 13.1. The Kier molecular flexibility index (Phi) is 4.89. The standard InChI is InChI=1S/C11H19N3OS/c1-7(2)9(4-12)11(15)13-5-10-14-8(3)6-16-10/h6-7,9H,4-5,12H2,1-3H3,(H,13,15). The number of rotatable bonds is 5. The lowest BCUT2D eigenvalue weighted by atomic mass is 9.95. The van der Waals surface area contributed by atoms with Gasteiger partial charge in [0.2, 0.25) is 5.91 Å². The SMILES string of the molecule is Cc1csc(CNC(=O)C(CN)C(C)C)n1. The number of nitrogens with zero attached hydrogens (tertiary/aromatic N) is 1. The van der Waals surface area contributed by atoms with Crippen molar-refractivity contribution in [2.75, 3.05) is 6.54 Å². The molecule has 0 saturated heterocycles. The lowest BCUT2D eigenvalue weighted by Crippen LogP contribution is -2.37. The highest BCUT2D eigenvalue weighted by Crippen LogP contribution is 2.11. The Balaban J connectivity index is 2.45. The van der Waals surface area contributed by atoms with Crippen LogP contribution in [0.4, 0.5) is 0 Å². The van der Waals surface area contributed by atoms with Crippen LogP contribution < -0.4 is 11.1 Å². The predicted octanol–water partition coefficient (Wildman–Crippen LogP) is 1.30. The number of aryl methyl sites for hydroxylation is 1. The Morgan fingerprint density at radius 1 is 1.62 bits per heavy atom. The van der Waals surface area contributed by atoms with Crippen LogP contribution in [0.1, 0.15) is 24.5 Å². The molecule has 1 rings (SSSR count). The van der Waals surface area contributed by atoms with Crippen molar-refractivity contribution in [3.8, 4) is 0 Å². The Morgan fingerprint density at radius 3 is 2.75 bits per heavy atom. The summed E-state index contributed by atoms with van der Waals surface area (Å²) < 4.78 is 0. The molecule has 0 aliphatic heterocycles. The second-order valence-electron chi connectivity index (χ2n) is 4.19. The highest BCUT2D eigenvalue weighted by molar-refractivity contribution is 7.09. The molecule has 1 aromatic heterocycles. The van der Waals surface area contributed by atoms with E-state index in [-0.39, 0.29) is 17.7 Å². The third kappa shape index (κ3) is 3.57. The molecule has 1 aromatic rings. The second-order valence-corrected chi connectivity index (χ2v) is 5.13. The Hall–Kier alpha value is -0.940. The zero-order chi connectivity index (χ0) is 12.1. The molecule has 1 amide bonds. The van der Waals surface area contributed by atoms with Crippen LogP contribution >= 0.6 is 11.3 Å². The summed E-state index contributed by atoms with van der Waals surface area (Å²) in [5.41, 5.74) is 6.57. The molecule has 3 N–H and O–H groups in total. The number of thiazole rings is 1. The lowest BCUT2D eigenvalue weighted by Gasteiger charge is -2.17. The molecule has 1 unspecified atom stereocenters. The minimum atomic E-state index is -0.110. The van der Waals surface area contributed by atoms with Crippen molar-refractivity contribution >= 4 is 17.2 Å². The van der Waals surface area contributed by atoms with Crippen molar-refractivity contribution in [3.63, 3.8) is 0 Å². The summed E-state index contributed by atoms with van der Waals surface area (Å²) in [6.45, 7) is 6.84. The quantitative estimate of drug-likeness (QED) is 0.816. The molecule has 16 heavy (non-hydrogen) atoms. The highest BCUT2D eigenvalue weighted by atomic mass is 32.1. The molecule has 0 aliphatic rings. The molecule has 0 aromatic carbocycles. The van der Waals surface area contributed by atoms with Gasteiger partial charge in [0.1, 0.15) is 5.01 Å². The first-order chi connectivity index (χ1) is 7.54. The molecule has 90 valence electrons. The van der Waals surface area contributed by atoms with E-state index in [1.807, 2.05) is 26.2 Å². The van der Waals surface area contributed by atoms with Crippen LogP contribution in [0.3, 0.4) is 0 Å². The fourth-order valence-electron chi connectivity index (χ4n) is 1.46. The summed E-state index contributed by atoms with van der Waals surface area (Å²) >= 11 is 1.56. The summed E-state index contributed by atoms with van der Waals surface area (Å²) in [6, 6.07) is 0.